The van der Waals surface area contributed by atoms with Gasteiger partial charge in [0.15, 0.2) is 0 Å². The van der Waals surface area contributed by atoms with Crippen LogP contribution in [0, 0.1) is 5.82 Å². The Bertz CT molecular complexity index is 1020. The van der Waals surface area contributed by atoms with E-state index >= 15 is 0 Å². The average molecular weight is 466 g/mol. The molecule has 10 heteroatoms. The molecule has 1 aliphatic heterocycles. The number of amides is 1. The molecule has 32 heavy (non-hydrogen) atoms. The van der Waals surface area contributed by atoms with Gasteiger partial charge in [-0.25, -0.2) is 12.8 Å². The molecule has 1 unspecified atom stereocenters. The second-order valence-corrected chi connectivity index (χ2v) is 9.45. The Kier molecular flexibility index (Phi) is 7.70. The van der Waals surface area contributed by atoms with Gasteiger partial charge in [-0.3, -0.25) is 9.69 Å². The molecule has 1 saturated heterocycles. The summed E-state index contributed by atoms with van der Waals surface area (Å²) in [6, 6.07) is 9.45. The highest BCUT2D eigenvalue weighted by Crippen LogP contribution is 2.26. The SMILES string of the molecule is COc1cc(NC(=O)C(C)N2CCCN(S(=O)(=O)c3ccc(F)cc3)CC2)cc(OC)c1. The summed E-state index contributed by atoms with van der Waals surface area (Å²) < 4.78 is 50.8. The lowest BCUT2D eigenvalue weighted by molar-refractivity contribution is -0.120. The number of hydrogen-bond acceptors (Lipinski definition) is 6. The van der Waals surface area contributed by atoms with Crippen molar-refractivity contribution in [2.45, 2.75) is 24.3 Å². The number of ether oxygens (including phenoxy) is 2. The van der Waals surface area contributed by atoms with E-state index in [1.165, 1.54) is 30.7 Å². The largest absolute Gasteiger partial charge is 0.497 e. The van der Waals surface area contributed by atoms with Gasteiger partial charge in [-0.15, -0.1) is 0 Å². The number of sulfonamides is 1. The van der Waals surface area contributed by atoms with E-state index in [1.807, 2.05) is 4.90 Å². The molecular formula is C22H28FN3O5S. The monoisotopic (exact) mass is 465 g/mol. The Morgan fingerprint density at radius 1 is 1.00 bits per heavy atom. The fourth-order valence-corrected chi connectivity index (χ4v) is 5.06. The first kappa shape index (κ1) is 24.0. The molecule has 0 radical (unpaired) electrons. The summed E-state index contributed by atoms with van der Waals surface area (Å²) in [7, 11) is -0.656. The number of benzene rings is 2. The third kappa shape index (κ3) is 5.56. The van der Waals surface area contributed by atoms with E-state index in [4.69, 9.17) is 9.47 Å². The lowest BCUT2D eigenvalue weighted by Crippen LogP contribution is -2.44. The quantitative estimate of drug-likeness (QED) is 0.676. The zero-order chi connectivity index (χ0) is 23.3. The third-order valence-corrected chi connectivity index (χ3v) is 7.40. The van der Waals surface area contributed by atoms with E-state index in [2.05, 4.69) is 5.32 Å². The zero-order valence-corrected chi connectivity index (χ0v) is 19.2. The molecular weight excluding hydrogens is 437 g/mol. The standard InChI is InChI=1S/C22H28FN3O5S/c1-16(22(27)24-18-13-19(30-2)15-20(14-18)31-3)25-9-4-10-26(12-11-25)32(28,29)21-7-5-17(23)6-8-21/h5-8,13-16H,4,9-12H2,1-3H3,(H,24,27). The minimum Gasteiger partial charge on any atom is -0.497 e. The predicted octanol–water partition coefficient (Wildman–Crippen LogP) is 2.57. The Morgan fingerprint density at radius 3 is 2.22 bits per heavy atom. The molecule has 2 aromatic carbocycles. The summed E-state index contributed by atoms with van der Waals surface area (Å²) in [6.07, 6.45) is 0.574. The number of anilines is 1. The molecule has 1 heterocycles. The van der Waals surface area contributed by atoms with Gasteiger partial charge in [0.25, 0.3) is 0 Å². The maximum atomic E-state index is 13.2. The number of methoxy groups -OCH3 is 2. The van der Waals surface area contributed by atoms with Crippen molar-refractivity contribution < 1.29 is 27.1 Å². The first-order valence-electron chi connectivity index (χ1n) is 10.3. The number of carbonyl (C=O) groups is 1. The van der Waals surface area contributed by atoms with Crippen LogP contribution < -0.4 is 14.8 Å². The fourth-order valence-electron chi connectivity index (χ4n) is 3.59. The van der Waals surface area contributed by atoms with Gasteiger partial charge in [0.1, 0.15) is 17.3 Å². The molecule has 3 rings (SSSR count). The summed E-state index contributed by atoms with van der Waals surface area (Å²) in [5.41, 5.74) is 0.549. The van der Waals surface area contributed by atoms with Gasteiger partial charge in [-0.05, 0) is 37.6 Å². The molecule has 8 nitrogen and oxygen atoms in total. The molecule has 0 spiro atoms. The summed E-state index contributed by atoms with van der Waals surface area (Å²) >= 11 is 0. The maximum Gasteiger partial charge on any atom is 0.243 e. The summed E-state index contributed by atoms with van der Waals surface area (Å²) in [4.78, 5) is 14.9. The molecule has 0 aromatic heterocycles. The van der Waals surface area contributed by atoms with Gasteiger partial charge in [0.05, 0.1) is 25.2 Å². The molecule has 2 aromatic rings. The maximum absolute atomic E-state index is 13.2. The van der Waals surface area contributed by atoms with Crippen LogP contribution in [0.4, 0.5) is 10.1 Å². The normalized spacial score (nSPS) is 16.8. The highest BCUT2D eigenvalue weighted by Gasteiger charge is 2.30. The minimum atomic E-state index is -3.72. The van der Waals surface area contributed by atoms with Crippen LogP contribution in [-0.2, 0) is 14.8 Å². The van der Waals surface area contributed by atoms with Gasteiger partial charge in [-0.1, -0.05) is 0 Å². The number of nitrogens with one attached hydrogen (secondary N) is 1. The Hall–Kier alpha value is -2.69. The van der Waals surface area contributed by atoms with Gasteiger partial charge >= 0.3 is 0 Å². The van der Waals surface area contributed by atoms with E-state index in [-0.39, 0.29) is 17.3 Å². The second kappa shape index (κ2) is 10.3. The van der Waals surface area contributed by atoms with E-state index in [0.717, 1.165) is 12.1 Å². The highest BCUT2D eigenvalue weighted by molar-refractivity contribution is 7.89. The lowest BCUT2D eigenvalue weighted by Gasteiger charge is -2.27. The first-order chi connectivity index (χ1) is 15.2. The van der Waals surface area contributed by atoms with Crippen LogP contribution in [0.25, 0.3) is 0 Å². The minimum absolute atomic E-state index is 0.0603. The van der Waals surface area contributed by atoms with Gasteiger partial charge in [-0.2, -0.15) is 4.31 Å². The number of halogens is 1. The predicted molar refractivity (Wildman–Crippen MR) is 119 cm³/mol. The Labute approximate surface area is 188 Å². The van der Waals surface area contributed by atoms with E-state index < -0.39 is 21.9 Å². The topological polar surface area (TPSA) is 88.2 Å². The Morgan fingerprint density at radius 2 is 1.62 bits per heavy atom. The molecule has 1 N–H and O–H groups in total. The molecule has 1 aliphatic rings. The zero-order valence-electron chi connectivity index (χ0n) is 18.4. The fraction of sp³-hybridized carbons (Fsp3) is 0.409. The smallest absolute Gasteiger partial charge is 0.243 e. The lowest BCUT2D eigenvalue weighted by atomic mass is 10.2. The van der Waals surface area contributed by atoms with Crippen molar-refractivity contribution in [3.63, 3.8) is 0 Å². The van der Waals surface area contributed by atoms with Crippen LogP contribution in [0.2, 0.25) is 0 Å². The van der Waals surface area contributed by atoms with Crippen molar-refractivity contribution in [3.8, 4) is 11.5 Å². The summed E-state index contributed by atoms with van der Waals surface area (Å²) in [5.74, 6) is 0.419. The van der Waals surface area contributed by atoms with Gasteiger partial charge in [0.2, 0.25) is 15.9 Å². The van der Waals surface area contributed by atoms with Crippen molar-refractivity contribution in [1.82, 2.24) is 9.21 Å². The number of nitrogens with zero attached hydrogens (tertiary/aromatic N) is 2. The van der Waals surface area contributed by atoms with Crippen LogP contribution in [0.15, 0.2) is 47.4 Å². The summed E-state index contributed by atoms with van der Waals surface area (Å²) in [5, 5.41) is 2.87. The van der Waals surface area contributed by atoms with Gasteiger partial charge < -0.3 is 14.8 Å². The van der Waals surface area contributed by atoms with Gasteiger partial charge in [0, 0.05) is 50.1 Å². The molecule has 0 saturated carbocycles. The van der Waals surface area contributed by atoms with Crippen LogP contribution >= 0.6 is 0 Å². The Balaban J connectivity index is 1.65. The van der Waals surface area contributed by atoms with Crippen LogP contribution in [0.5, 0.6) is 11.5 Å². The van der Waals surface area contributed by atoms with Crippen LogP contribution in [0.1, 0.15) is 13.3 Å². The van der Waals surface area contributed by atoms with Crippen molar-refractivity contribution in [3.05, 3.63) is 48.3 Å². The third-order valence-electron chi connectivity index (χ3n) is 5.49. The van der Waals surface area contributed by atoms with Crippen molar-refractivity contribution in [2.24, 2.45) is 0 Å². The molecule has 0 bridgehead atoms. The van der Waals surface area contributed by atoms with E-state index in [1.54, 1.807) is 25.1 Å². The summed E-state index contributed by atoms with van der Waals surface area (Å²) in [6.45, 7) is 3.33. The molecule has 1 fully saturated rings. The molecule has 1 amide bonds. The highest BCUT2D eigenvalue weighted by atomic mass is 32.2. The first-order valence-corrected chi connectivity index (χ1v) is 11.7. The average Bonchev–Trinajstić information content (AvgIpc) is 3.05. The van der Waals surface area contributed by atoms with Crippen molar-refractivity contribution >= 4 is 21.6 Å². The van der Waals surface area contributed by atoms with Crippen LogP contribution in [0.3, 0.4) is 0 Å². The molecule has 0 aliphatic carbocycles. The molecule has 1 atom stereocenters. The van der Waals surface area contributed by atoms with Crippen LogP contribution in [-0.4, -0.2) is 70.0 Å². The van der Waals surface area contributed by atoms with E-state index in [0.29, 0.717) is 43.2 Å². The number of rotatable bonds is 7. The second-order valence-electron chi connectivity index (χ2n) is 7.51. The number of carbonyl (C=O) groups excluding carboxylic acids is 1. The van der Waals surface area contributed by atoms with E-state index in [9.17, 15) is 17.6 Å². The molecule has 174 valence electrons. The van der Waals surface area contributed by atoms with Crippen molar-refractivity contribution in [1.29, 1.82) is 0 Å². The van der Waals surface area contributed by atoms with Crippen molar-refractivity contribution in [2.75, 3.05) is 45.7 Å². The number of hydrogen-bond donors (Lipinski definition) is 1.